The number of anilines is 2. The fourth-order valence-corrected chi connectivity index (χ4v) is 2.90. The van der Waals surface area contributed by atoms with E-state index < -0.39 is 0 Å². The van der Waals surface area contributed by atoms with Crippen LogP contribution < -0.4 is 16.2 Å². The van der Waals surface area contributed by atoms with Crippen molar-refractivity contribution in [1.29, 1.82) is 0 Å². The standard InChI is InChI=1S/C21H17N7O3/c1-13-17(12-23-28(13)18-5-6-19(29)27-26-18)21(31)25-16-4-2-3-15(11-16)24-20(30)14-7-9-22-10-8-14/h2-12H,1H3,(H,24,30)(H,25,31)(H,27,29). The minimum absolute atomic E-state index is 0.281. The van der Waals surface area contributed by atoms with Crippen molar-refractivity contribution < 1.29 is 9.59 Å². The number of carbonyl (C=O) groups excluding carboxylic acids is 2. The van der Waals surface area contributed by atoms with Crippen LogP contribution >= 0.6 is 0 Å². The van der Waals surface area contributed by atoms with Gasteiger partial charge in [-0.25, -0.2) is 9.78 Å². The lowest BCUT2D eigenvalue weighted by atomic mass is 10.2. The molecule has 0 radical (unpaired) electrons. The van der Waals surface area contributed by atoms with Gasteiger partial charge in [-0.3, -0.25) is 19.4 Å². The van der Waals surface area contributed by atoms with Crippen molar-refractivity contribution >= 4 is 23.2 Å². The molecule has 2 amide bonds. The van der Waals surface area contributed by atoms with Gasteiger partial charge < -0.3 is 10.6 Å². The van der Waals surface area contributed by atoms with Gasteiger partial charge in [0.15, 0.2) is 5.82 Å². The maximum Gasteiger partial charge on any atom is 0.264 e. The monoisotopic (exact) mass is 415 g/mol. The van der Waals surface area contributed by atoms with Crippen LogP contribution in [0, 0.1) is 6.92 Å². The number of amides is 2. The molecule has 31 heavy (non-hydrogen) atoms. The third-order valence-electron chi connectivity index (χ3n) is 4.46. The molecule has 4 rings (SSSR count). The van der Waals surface area contributed by atoms with Gasteiger partial charge >= 0.3 is 0 Å². The van der Waals surface area contributed by atoms with Crippen LogP contribution in [0.5, 0.6) is 0 Å². The highest BCUT2D eigenvalue weighted by Gasteiger charge is 2.16. The summed E-state index contributed by atoms with van der Waals surface area (Å²) in [6.45, 7) is 1.72. The van der Waals surface area contributed by atoms with Crippen LogP contribution in [0.2, 0.25) is 0 Å². The predicted molar refractivity (Wildman–Crippen MR) is 113 cm³/mol. The van der Waals surface area contributed by atoms with Crippen molar-refractivity contribution in [2.24, 2.45) is 0 Å². The third kappa shape index (κ3) is 4.37. The van der Waals surface area contributed by atoms with Gasteiger partial charge in [0.05, 0.1) is 17.5 Å². The highest BCUT2D eigenvalue weighted by atomic mass is 16.2. The van der Waals surface area contributed by atoms with E-state index in [1.165, 1.54) is 35.4 Å². The van der Waals surface area contributed by atoms with Crippen LogP contribution in [-0.2, 0) is 0 Å². The number of hydrogen-bond donors (Lipinski definition) is 3. The number of H-pyrrole nitrogens is 1. The zero-order chi connectivity index (χ0) is 21.8. The molecule has 4 aromatic rings. The Morgan fingerprint density at radius 1 is 0.968 bits per heavy atom. The molecule has 3 N–H and O–H groups in total. The van der Waals surface area contributed by atoms with E-state index in [2.05, 4.69) is 30.9 Å². The number of carbonyl (C=O) groups is 2. The van der Waals surface area contributed by atoms with E-state index in [-0.39, 0.29) is 17.4 Å². The van der Waals surface area contributed by atoms with Crippen molar-refractivity contribution in [2.75, 3.05) is 10.6 Å². The summed E-state index contributed by atoms with van der Waals surface area (Å²) >= 11 is 0. The summed E-state index contributed by atoms with van der Waals surface area (Å²) in [6, 6.07) is 12.9. The summed E-state index contributed by atoms with van der Waals surface area (Å²) < 4.78 is 1.45. The Labute approximate surface area is 176 Å². The van der Waals surface area contributed by atoms with Crippen molar-refractivity contribution in [2.45, 2.75) is 6.92 Å². The van der Waals surface area contributed by atoms with E-state index >= 15 is 0 Å². The number of nitrogens with one attached hydrogen (secondary N) is 3. The van der Waals surface area contributed by atoms with E-state index in [9.17, 15) is 14.4 Å². The Morgan fingerprint density at radius 2 is 1.68 bits per heavy atom. The Morgan fingerprint density at radius 3 is 2.35 bits per heavy atom. The summed E-state index contributed by atoms with van der Waals surface area (Å²) in [7, 11) is 0. The molecule has 0 saturated carbocycles. The maximum atomic E-state index is 12.8. The first kappa shape index (κ1) is 19.7. The lowest BCUT2D eigenvalue weighted by Crippen LogP contribution is -2.15. The Hall–Kier alpha value is -4.60. The minimum Gasteiger partial charge on any atom is -0.322 e. The number of hydrogen-bond acceptors (Lipinski definition) is 6. The molecule has 0 unspecified atom stereocenters. The summed E-state index contributed by atoms with van der Waals surface area (Å²) in [5, 5.41) is 16.0. The molecule has 10 nitrogen and oxygen atoms in total. The molecule has 0 aliphatic heterocycles. The molecule has 0 aliphatic rings. The highest BCUT2D eigenvalue weighted by molar-refractivity contribution is 6.06. The summed E-state index contributed by atoms with van der Waals surface area (Å²) in [5.74, 6) is -0.265. The Bertz CT molecular complexity index is 1290. The molecule has 1 aromatic carbocycles. The first-order valence-electron chi connectivity index (χ1n) is 9.25. The molecule has 3 aromatic heterocycles. The third-order valence-corrected chi connectivity index (χ3v) is 4.46. The van der Waals surface area contributed by atoms with Crippen molar-refractivity contribution in [3.63, 3.8) is 0 Å². The average Bonchev–Trinajstić information content (AvgIpc) is 3.16. The quantitative estimate of drug-likeness (QED) is 0.457. The van der Waals surface area contributed by atoms with Gasteiger partial charge in [0.1, 0.15) is 0 Å². The molecule has 0 bridgehead atoms. The Balaban J connectivity index is 1.49. The van der Waals surface area contributed by atoms with Crippen LogP contribution in [0.3, 0.4) is 0 Å². The van der Waals surface area contributed by atoms with Crippen molar-refractivity contribution in [3.8, 4) is 5.82 Å². The van der Waals surface area contributed by atoms with Gasteiger partial charge in [-0.05, 0) is 43.3 Å². The SMILES string of the molecule is Cc1c(C(=O)Nc2cccc(NC(=O)c3ccncc3)c2)cnn1-c1ccc(=O)[nH]n1. The second-order valence-corrected chi connectivity index (χ2v) is 6.56. The van der Waals surface area contributed by atoms with Crippen LogP contribution in [-0.4, -0.2) is 36.8 Å². The van der Waals surface area contributed by atoms with E-state index in [4.69, 9.17) is 0 Å². The fraction of sp³-hybridized carbons (Fsp3) is 0.0476. The van der Waals surface area contributed by atoms with Gasteiger partial charge in [0.25, 0.3) is 17.4 Å². The number of aromatic nitrogens is 5. The summed E-state index contributed by atoms with van der Waals surface area (Å²) in [4.78, 5) is 40.1. The zero-order valence-electron chi connectivity index (χ0n) is 16.4. The fourth-order valence-electron chi connectivity index (χ4n) is 2.90. The second kappa shape index (κ2) is 8.41. The van der Waals surface area contributed by atoms with Crippen LogP contribution in [0.4, 0.5) is 11.4 Å². The molecule has 0 spiro atoms. The van der Waals surface area contributed by atoms with E-state index in [0.717, 1.165) is 0 Å². The van der Waals surface area contributed by atoms with E-state index in [0.29, 0.717) is 34.0 Å². The first-order chi connectivity index (χ1) is 15.0. The smallest absolute Gasteiger partial charge is 0.264 e. The van der Waals surface area contributed by atoms with Crippen molar-refractivity contribution in [1.82, 2.24) is 25.0 Å². The predicted octanol–water partition coefficient (Wildman–Crippen LogP) is 2.16. The molecule has 0 saturated heterocycles. The van der Waals surface area contributed by atoms with Crippen LogP contribution in [0.1, 0.15) is 26.4 Å². The van der Waals surface area contributed by atoms with E-state index in [1.54, 1.807) is 43.3 Å². The molecular formula is C21H17N7O3. The number of aromatic amines is 1. The van der Waals surface area contributed by atoms with E-state index in [1.807, 2.05) is 0 Å². The number of nitrogens with zero attached hydrogens (tertiary/aromatic N) is 4. The summed E-state index contributed by atoms with van der Waals surface area (Å²) in [6.07, 6.45) is 4.50. The molecule has 0 atom stereocenters. The van der Waals surface area contributed by atoms with Crippen LogP contribution in [0.25, 0.3) is 5.82 Å². The molecular weight excluding hydrogens is 398 g/mol. The van der Waals surface area contributed by atoms with Gasteiger partial charge in [0, 0.05) is 35.4 Å². The maximum absolute atomic E-state index is 12.8. The topological polar surface area (TPSA) is 135 Å². The summed E-state index contributed by atoms with van der Waals surface area (Å²) in [5.41, 5.74) is 2.08. The number of pyridine rings is 1. The molecule has 0 fully saturated rings. The highest BCUT2D eigenvalue weighted by Crippen LogP contribution is 2.18. The van der Waals surface area contributed by atoms with Gasteiger partial charge in [-0.15, -0.1) is 0 Å². The zero-order valence-corrected chi connectivity index (χ0v) is 16.4. The van der Waals surface area contributed by atoms with Gasteiger partial charge in [0.2, 0.25) is 0 Å². The average molecular weight is 415 g/mol. The lowest BCUT2D eigenvalue weighted by molar-refractivity contribution is 0.101. The molecule has 3 heterocycles. The normalized spacial score (nSPS) is 10.5. The number of rotatable bonds is 5. The first-order valence-corrected chi connectivity index (χ1v) is 9.25. The Kier molecular flexibility index (Phi) is 5.35. The molecule has 154 valence electrons. The van der Waals surface area contributed by atoms with Crippen molar-refractivity contribution in [3.05, 3.63) is 94.3 Å². The molecule has 0 aliphatic carbocycles. The minimum atomic E-state index is -0.370. The van der Waals surface area contributed by atoms with Gasteiger partial charge in [-0.1, -0.05) is 6.07 Å². The second-order valence-electron chi connectivity index (χ2n) is 6.56. The lowest BCUT2D eigenvalue weighted by Gasteiger charge is -2.09. The van der Waals surface area contributed by atoms with Gasteiger partial charge in [-0.2, -0.15) is 10.2 Å². The van der Waals surface area contributed by atoms with Crippen LogP contribution in [0.15, 0.2) is 71.9 Å². The molecule has 10 heteroatoms. The number of benzene rings is 1. The largest absolute Gasteiger partial charge is 0.322 e.